The maximum Gasteiger partial charge on any atom is 0.404 e. The fourth-order valence-corrected chi connectivity index (χ4v) is 2.84. The molecule has 1 aliphatic rings. The molecule has 6 nitrogen and oxygen atoms in total. The molecule has 0 unspecified atom stereocenters. The van der Waals surface area contributed by atoms with Crippen LogP contribution in [0.3, 0.4) is 0 Å². The third-order valence-corrected chi connectivity index (χ3v) is 4.21. The van der Waals surface area contributed by atoms with Gasteiger partial charge < -0.3 is 19.9 Å². The van der Waals surface area contributed by atoms with E-state index in [9.17, 15) is 13.6 Å². The quantitative estimate of drug-likeness (QED) is 0.852. The van der Waals surface area contributed by atoms with E-state index in [0.717, 1.165) is 12.3 Å². The zero-order chi connectivity index (χ0) is 18.5. The first-order chi connectivity index (χ1) is 12.5. The molecular formula is C18H18F2N2O4. The number of pyridine rings is 1. The van der Waals surface area contributed by atoms with Crippen LogP contribution in [0.1, 0.15) is 6.42 Å². The molecule has 0 saturated carbocycles. The molecule has 0 radical (unpaired) electrons. The molecule has 2 heterocycles. The van der Waals surface area contributed by atoms with Crippen LogP contribution in [0, 0.1) is 17.6 Å². The predicted octanol–water partition coefficient (Wildman–Crippen LogP) is 3.08. The first-order valence-electron chi connectivity index (χ1n) is 8.14. The Balaban J connectivity index is 1.63. The van der Waals surface area contributed by atoms with Gasteiger partial charge in [-0.3, -0.25) is 4.98 Å². The van der Waals surface area contributed by atoms with E-state index in [2.05, 4.69) is 10.3 Å². The minimum atomic E-state index is -1.09. The predicted molar refractivity (Wildman–Crippen MR) is 89.0 cm³/mol. The maximum atomic E-state index is 13.8. The van der Waals surface area contributed by atoms with Crippen molar-refractivity contribution in [1.29, 1.82) is 0 Å². The molecule has 2 aromatic rings. The highest BCUT2D eigenvalue weighted by Crippen LogP contribution is 2.24. The summed E-state index contributed by atoms with van der Waals surface area (Å²) < 4.78 is 37.8. The highest BCUT2D eigenvalue weighted by molar-refractivity contribution is 5.65. The third-order valence-electron chi connectivity index (χ3n) is 4.21. The third kappa shape index (κ3) is 4.45. The van der Waals surface area contributed by atoms with Gasteiger partial charge in [0.15, 0.2) is 5.82 Å². The standard InChI is InChI=1S/C18H18F2N2O4/c19-13-7-15(20)17(21-8-13)11-1-3-14(4-2-11)26-9-12-5-6-25-10-16(12)22-18(23)24/h1-4,7-8,12,16,22H,5-6,9-10H2,(H,23,24)/t12-,16+/m1/s1. The van der Waals surface area contributed by atoms with Gasteiger partial charge in [0.25, 0.3) is 0 Å². The van der Waals surface area contributed by atoms with E-state index < -0.39 is 17.7 Å². The fourth-order valence-electron chi connectivity index (χ4n) is 2.84. The number of aromatic nitrogens is 1. The van der Waals surface area contributed by atoms with Crippen molar-refractivity contribution in [3.8, 4) is 17.0 Å². The lowest BCUT2D eigenvalue weighted by Crippen LogP contribution is -2.47. The Kier molecular flexibility index (Phi) is 5.62. The van der Waals surface area contributed by atoms with Gasteiger partial charge in [0.1, 0.15) is 17.3 Å². The summed E-state index contributed by atoms with van der Waals surface area (Å²) in [6.45, 7) is 1.20. The molecule has 2 N–H and O–H groups in total. The Hall–Kier alpha value is -2.74. The van der Waals surface area contributed by atoms with Crippen LogP contribution >= 0.6 is 0 Å². The van der Waals surface area contributed by atoms with E-state index in [1.807, 2.05) is 0 Å². The molecule has 26 heavy (non-hydrogen) atoms. The molecule has 0 aliphatic carbocycles. The van der Waals surface area contributed by atoms with E-state index in [1.165, 1.54) is 0 Å². The maximum absolute atomic E-state index is 13.8. The summed E-state index contributed by atoms with van der Waals surface area (Å²) in [6.07, 6.45) is 0.556. The second-order valence-corrected chi connectivity index (χ2v) is 6.00. The number of benzene rings is 1. The van der Waals surface area contributed by atoms with Crippen molar-refractivity contribution < 1.29 is 28.2 Å². The molecule has 0 spiro atoms. The lowest BCUT2D eigenvalue weighted by molar-refractivity contribution is 0.0210. The molecule has 1 amide bonds. The number of carboxylic acid groups (broad SMARTS) is 1. The van der Waals surface area contributed by atoms with Gasteiger partial charge in [-0.05, 0) is 30.7 Å². The number of hydrogen-bond donors (Lipinski definition) is 2. The van der Waals surface area contributed by atoms with Crippen LogP contribution < -0.4 is 10.1 Å². The summed E-state index contributed by atoms with van der Waals surface area (Å²) in [7, 11) is 0. The number of rotatable bonds is 5. The van der Waals surface area contributed by atoms with Gasteiger partial charge >= 0.3 is 6.09 Å². The number of ether oxygens (including phenoxy) is 2. The summed E-state index contributed by atoms with van der Waals surface area (Å²) in [6, 6.07) is 7.06. The molecule has 1 fully saturated rings. The lowest BCUT2D eigenvalue weighted by atomic mass is 9.96. The van der Waals surface area contributed by atoms with E-state index >= 15 is 0 Å². The van der Waals surface area contributed by atoms with E-state index in [0.29, 0.717) is 37.6 Å². The van der Waals surface area contributed by atoms with Gasteiger partial charge in [-0.25, -0.2) is 13.6 Å². The van der Waals surface area contributed by atoms with Crippen LogP contribution in [-0.4, -0.2) is 42.0 Å². The van der Waals surface area contributed by atoms with E-state index in [-0.39, 0.29) is 17.7 Å². The smallest absolute Gasteiger partial charge is 0.404 e. The van der Waals surface area contributed by atoms with Crippen LogP contribution in [0.2, 0.25) is 0 Å². The van der Waals surface area contributed by atoms with Crippen LogP contribution in [0.5, 0.6) is 5.75 Å². The zero-order valence-electron chi connectivity index (χ0n) is 13.8. The molecule has 2 atom stereocenters. The van der Waals surface area contributed by atoms with Crippen molar-refractivity contribution in [2.75, 3.05) is 19.8 Å². The Morgan fingerprint density at radius 2 is 2.12 bits per heavy atom. The van der Waals surface area contributed by atoms with Gasteiger partial charge in [0.2, 0.25) is 0 Å². The van der Waals surface area contributed by atoms with Gasteiger partial charge in [-0.1, -0.05) is 0 Å². The SMILES string of the molecule is O=C(O)N[C@H]1COCC[C@@H]1COc1ccc(-c2ncc(F)cc2F)cc1. The Morgan fingerprint density at radius 1 is 1.35 bits per heavy atom. The average molecular weight is 364 g/mol. The number of nitrogens with one attached hydrogen (secondary N) is 1. The number of amides is 1. The summed E-state index contributed by atoms with van der Waals surface area (Å²) >= 11 is 0. The molecule has 1 aliphatic heterocycles. The van der Waals surface area contributed by atoms with Gasteiger partial charge in [0.05, 0.1) is 25.5 Å². The van der Waals surface area contributed by atoms with Crippen LogP contribution in [0.25, 0.3) is 11.3 Å². The molecular weight excluding hydrogens is 346 g/mol. The summed E-state index contributed by atoms with van der Waals surface area (Å²) in [5, 5.41) is 11.3. The molecule has 3 rings (SSSR count). The first-order valence-corrected chi connectivity index (χ1v) is 8.14. The van der Waals surface area contributed by atoms with Crippen molar-refractivity contribution in [2.24, 2.45) is 5.92 Å². The molecule has 1 aromatic heterocycles. The number of nitrogens with zero attached hydrogens (tertiary/aromatic N) is 1. The highest BCUT2D eigenvalue weighted by atomic mass is 19.1. The normalized spacial score (nSPS) is 19.8. The van der Waals surface area contributed by atoms with E-state index in [1.54, 1.807) is 24.3 Å². The topological polar surface area (TPSA) is 80.7 Å². The van der Waals surface area contributed by atoms with Crippen molar-refractivity contribution in [3.05, 3.63) is 48.2 Å². The minimum absolute atomic E-state index is 0.00395. The van der Waals surface area contributed by atoms with E-state index in [4.69, 9.17) is 14.6 Å². The minimum Gasteiger partial charge on any atom is -0.493 e. The first kappa shape index (κ1) is 18.1. The summed E-state index contributed by atoms with van der Waals surface area (Å²) in [4.78, 5) is 14.6. The molecule has 8 heteroatoms. The second-order valence-electron chi connectivity index (χ2n) is 6.00. The second kappa shape index (κ2) is 8.09. The highest BCUT2D eigenvalue weighted by Gasteiger charge is 2.27. The summed E-state index contributed by atoms with van der Waals surface area (Å²) in [5.41, 5.74) is 0.569. The Bertz CT molecular complexity index is 770. The number of hydrogen-bond acceptors (Lipinski definition) is 4. The monoisotopic (exact) mass is 364 g/mol. The van der Waals surface area contributed by atoms with Crippen molar-refractivity contribution in [2.45, 2.75) is 12.5 Å². The lowest BCUT2D eigenvalue weighted by Gasteiger charge is -2.31. The molecule has 1 aromatic carbocycles. The molecule has 0 bridgehead atoms. The van der Waals surface area contributed by atoms with Gasteiger partial charge in [0, 0.05) is 24.2 Å². The Morgan fingerprint density at radius 3 is 2.81 bits per heavy atom. The van der Waals surface area contributed by atoms with Crippen molar-refractivity contribution in [3.63, 3.8) is 0 Å². The average Bonchev–Trinajstić information content (AvgIpc) is 2.61. The van der Waals surface area contributed by atoms with Gasteiger partial charge in [-0.2, -0.15) is 0 Å². The molecule has 138 valence electrons. The fraction of sp³-hybridized carbons (Fsp3) is 0.333. The summed E-state index contributed by atoms with van der Waals surface area (Å²) in [5.74, 6) is -0.900. The number of carbonyl (C=O) groups is 1. The van der Waals surface area contributed by atoms with Crippen molar-refractivity contribution in [1.82, 2.24) is 10.3 Å². The van der Waals surface area contributed by atoms with Crippen molar-refractivity contribution >= 4 is 6.09 Å². The largest absolute Gasteiger partial charge is 0.493 e. The van der Waals surface area contributed by atoms with Crippen LogP contribution in [0.4, 0.5) is 13.6 Å². The zero-order valence-corrected chi connectivity index (χ0v) is 13.8. The molecule has 1 saturated heterocycles. The van der Waals surface area contributed by atoms with Crippen LogP contribution in [-0.2, 0) is 4.74 Å². The number of halogens is 2. The Labute approximate surface area is 148 Å². The van der Waals surface area contributed by atoms with Crippen LogP contribution in [0.15, 0.2) is 36.5 Å². The van der Waals surface area contributed by atoms with Gasteiger partial charge in [-0.15, -0.1) is 0 Å².